The van der Waals surface area contributed by atoms with Gasteiger partial charge in [0.05, 0.1) is 24.0 Å². The molecule has 6 nitrogen and oxygen atoms in total. The average Bonchev–Trinajstić information content (AvgIpc) is 2.36. The van der Waals surface area contributed by atoms with Gasteiger partial charge in [-0.1, -0.05) is 38.9 Å². The third-order valence-electron chi connectivity index (χ3n) is 3.35. The molecule has 0 bridgehead atoms. The minimum Gasteiger partial charge on any atom is -0.258 e. The second kappa shape index (κ2) is 6.60. The first-order valence-electron chi connectivity index (χ1n) is 6.68. The Labute approximate surface area is 119 Å². The number of non-ortho nitro benzene ring substituents is 1. The number of hydrogen-bond donors (Lipinski definition) is 0. The Bertz CT molecular complexity index is 517. The van der Waals surface area contributed by atoms with Crippen molar-refractivity contribution in [2.45, 2.75) is 44.9 Å². The fraction of sp³-hybridized carbons (Fsp3) is 0.538. The molecule has 0 amide bonds. The molecular formula is C13H20N2O4Si. The molecule has 0 heterocycles. The van der Waals surface area contributed by atoms with Gasteiger partial charge in [-0.05, 0) is 12.1 Å². The van der Waals surface area contributed by atoms with Gasteiger partial charge in [0.25, 0.3) is 11.4 Å². The number of unbranched alkanes of at least 4 members (excludes halogenated alkanes) is 1. The molecule has 0 aliphatic heterocycles. The minimum atomic E-state index is -1.56. The van der Waals surface area contributed by atoms with Crippen LogP contribution in [-0.4, -0.2) is 17.9 Å². The molecule has 0 saturated carbocycles. The monoisotopic (exact) mass is 296 g/mol. The number of nitrogens with zero attached hydrogens (tertiary/aromatic N) is 2. The minimum absolute atomic E-state index is 0.128. The van der Waals surface area contributed by atoms with E-state index in [1.165, 1.54) is 12.1 Å². The Morgan fingerprint density at radius 2 is 1.80 bits per heavy atom. The molecule has 0 atom stereocenters. The SMILES string of the molecule is CCCC[Si](C)(C)Cc1ccc([N+](=O)[O-])cc1[N+](=O)[O-]. The van der Waals surface area contributed by atoms with Crippen LogP contribution in [0.4, 0.5) is 11.4 Å². The van der Waals surface area contributed by atoms with E-state index < -0.39 is 17.9 Å². The highest BCUT2D eigenvalue weighted by Gasteiger charge is 2.26. The van der Waals surface area contributed by atoms with Crippen LogP contribution in [0.5, 0.6) is 0 Å². The lowest BCUT2D eigenvalue weighted by Crippen LogP contribution is -2.29. The number of benzene rings is 1. The van der Waals surface area contributed by atoms with E-state index in [1.807, 2.05) is 0 Å². The fourth-order valence-corrected chi connectivity index (χ4v) is 5.06. The van der Waals surface area contributed by atoms with E-state index in [0.717, 1.165) is 25.0 Å². The third-order valence-corrected chi connectivity index (χ3v) is 6.40. The number of hydrogen-bond acceptors (Lipinski definition) is 4. The summed E-state index contributed by atoms with van der Waals surface area (Å²) >= 11 is 0. The van der Waals surface area contributed by atoms with E-state index in [9.17, 15) is 20.2 Å². The van der Waals surface area contributed by atoms with Crippen molar-refractivity contribution in [2.24, 2.45) is 0 Å². The van der Waals surface area contributed by atoms with Crippen LogP contribution in [0.15, 0.2) is 18.2 Å². The largest absolute Gasteiger partial charge is 0.279 e. The summed E-state index contributed by atoms with van der Waals surface area (Å²) in [5.74, 6) is 0. The van der Waals surface area contributed by atoms with Gasteiger partial charge in [0.15, 0.2) is 0 Å². The Morgan fingerprint density at radius 1 is 1.15 bits per heavy atom. The van der Waals surface area contributed by atoms with Gasteiger partial charge in [0, 0.05) is 11.6 Å². The quantitative estimate of drug-likeness (QED) is 0.430. The average molecular weight is 296 g/mol. The van der Waals surface area contributed by atoms with Crippen LogP contribution in [0.1, 0.15) is 25.3 Å². The second-order valence-corrected chi connectivity index (χ2v) is 11.0. The van der Waals surface area contributed by atoms with Crippen molar-refractivity contribution in [3.63, 3.8) is 0 Å². The van der Waals surface area contributed by atoms with Crippen LogP contribution in [-0.2, 0) is 6.04 Å². The van der Waals surface area contributed by atoms with Crippen LogP contribution in [0.3, 0.4) is 0 Å². The molecule has 7 heteroatoms. The molecule has 1 aromatic rings. The van der Waals surface area contributed by atoms with E-state index in [2.05, 4.69) is 20.0 Å². The summed E-state index contributed by atoms with van der Waals surface area (Å²) in [6, 6.07) is 5.75. The maximum absolute atomic E-state index is 11.1. The Hall–Kier alpha value is -1.76. The van der Waals surface area contributed by atoms with Crippen molar-refractivity contribution >= 4 is 19.4 Å². The summed E-state index contributed by atoms with van der Waals surface area (Å²) in [6.07, 6.45) is 2.23. The summed E-state index contributed by atoms with van der Waals surface area (Å²) in [5.41, 5.74) is 0.262. The molecule has 0 unspecified atom stereocenters. The molecule has 0 aliphatic carbocycles. The maximum atomic E-state index is 11.1. The molecule has 110 valence electrons. The summed E-state index contributed by atoms with van der Waals surface area (Å²) in [4.78, 5) is 20.7. The van der Waals surface area contributed by atoms with Gasteiger partial charge in [0.2, 0.25) is 0 Å². The third kappa shape index (κ3) is 4.41. The molecule has 0 spiro atoms. The van der Waals surface area contributed by atoms with Gasteiger partial charge in [-0.15, -0.1) is 0 Å². The highest BCUT2D eigenvalue weighted by Crippen LogP contribution is 2.29. The van der Waals surface area contributed by atoms with Crippen LogP contribution in [0, 0.1) is 20.2 Å². The van der Waals surface area contributed by atoms with Crippen LogP contribution in [0.25, 0.3) is 0 Å². The van der Waals surface area contributed by atoms with E-state index in [4.69, 9.17) is 0 Å². The van der Waals surface area contributed by atoms with Gasteiger partial charge in [-0.2, -0.15) is 0 Å². The number of rotatable bonds is 7. The van der Waals surface area contributed by atoms with Crippen LogP contribution in [0.2, 0.25) is 19.1 Å². The number of nitro groups is 2. The van der Waals surface area contributed by atoms with Gasteiger partial charge in [0.1, 0.15) is 0 Å². The number of nitro benzene ring substituents is 2. The predicted molar refractivity (Wildman–Crippen MR) is 80.7 cm³/mol. The Balaban J connectivity index is 3.05. The van der Waals surface area contributed by atoms with Crippen molar-refractivity contribution < 1.29 is 9.85 Å². The first-order valence-corrected chi connectivity index (χ1v) is 10.1. The van der Waals surface area contributed by atoms with Gasteiger partial charge < -0.3 is 0 Å². The zero-order valence-corrected chi connectivity index (χ0v) is 13.1. The summed E-state index contributed by atoms with van der Waals surface area (Å²) in [7, 11) is -1.56. The van der Waals surface area contributed by atoms with Gasteiger partial charge in [-0.3, -0.25) is 20.2 Å². The molecule has 0 aromatic heterocycles. The zero-order chi connectivity index (χ0) is 15.3. The normalized spacial score (nSPS) is 11.3. The molecule has 0 aliphatic rings. The molecule has 1 aromatic carbocycles. The van der Waals surface area contributed by atoms with E-state index >= 15 is 0 Å². The Morgan fingerprint density at radius 3 is 2.30 bits per heavy atom. The van der Waals surface area contributed by atoms with Gasteiger partial charge in [-0.25, -0.2) is 0 Å². The maximum Gasteiger partial charge on any atom is 0.279 e. The molecule has 0 N–H and O–H groups in total. The summed E-state index contributed by atoms with van der Waals surface area (Å²) < 4.78 is 0. The molecular weight excluding hydrogens is 276 g/mol. The lowest BCUT2D eigenvalue weighted by atomic mass is 10.2. The van der Waals surface area contributed by atoms with Crippen molar-refractivity contribution in [3.05, 3.63) is 44.0 Å². The van der Waals surface area contributed by atoms with Crippen LogP contribution >= 0.6 is 0 Å². The lowest BCUT2D eigenvalue weighted by molar-refractivity contribution is -0.394. The van der Waals surface area contributed by atoms with E-state index in [-0.39, 0.29) is 11.4 Å². The van der Waals surface area contributed by atoms with E-state index in [1.54, 1.807) is 0 Å². The fourth-order valence-electron chi connectivity index (χ4n) is 2.24. The molecule has 0 saturated heterocycles. The standard InChI is InChI=1S/C13H20N2O4Si/c1-4-5-8-20(2,3)10-11-6-7-12(14(16)17)9-13(11)15(18)19/h6-7,9H,4-5,8,10H2,1-3H3. The molecule has 1 rings (SSSR count). The topological polar surface area (TPSA) is 86.3 Å². The van der Waals surface area contributed by atoms with Crippen molar-refractivity contribution in [1.29, 1.82) is 0 Å². The predicted octanol–water partition coefficient (Wildman–Crippen LogP) is 4.09. The van der Waals surface area contributed by atoms with Crippen LogP contribution < -0.4 is 0 Å². The first kappa shape index (κ1) is 16.3. The summed E-state index contributed by atoms with van der Waals surface area (Å²) in [6.45, 7) is 6.53. The molecule has 20 heavy (non-hydrogen) atoms. The lowest BCUT2D eigenvalue weighted by Gasteiger charge is -2.21. The highest BCUT2D eigenvalue weighted by atomic mass is 28.3. The summed E-state index contributed by atoms with van der Waals surface area (Å²) in [5, 5.41) is 21.8. The smallest absolute Gasteiger partial charge is 0.258 e. The van der Waals surface area contributed by atoms with Crippen molar-refractivity contribution in [3.8, 4) is 0 Å². The first-order chi connectivity index (χ1) is 9.26. The van der Waals surface area contributed by atoms with Crippen molar-refractivity contribution in [1.82, 2.24) is 0 Å². The molecule has 0 radical (unpaired) electrons. The molecule has 0 fully saturated rings. The van der Waals surface area contributed by atoms with Gasteiger partial charge >= 0.3 is 0 Å². The Kier molecular flexibility index (Phi) is 5.38. The zero-order valence-electron chi connectivity index (χ0n) is 12.1. The van der Waals surface area contributed by atoms with E-state index in [0.29, 0.717) is 11.6 Å². The second-order valence-electron chi connectivity index (χ2n) is 5.77. The highest BCUT2D eigenvalue weighted by molar-refractivity contribution is 6.76. The van der Waals surface area contributed by atoms with Crippen molar-refractivity contribution in [2.75, 3.05) is 0 Å².